The summed E-state index contributed by atoms with van der Waals surface area (Å²) in [6, 6.07) is 7.55. The van der Waals surface area contributed by atoms with Crippen LogP contribution in [0.3, 0.4) is 0 Å². The minimum absolute atomic E-state index is 0.138. The predicted molar refractivity (Wildman–Crippen MR) is 97.8 cm³/mol. The summed E-state index contributed by atoms with van der Waals surface area (Å²) >= 11 is 6.35. The summed E-state index contributed by atoms with van der Waals surface area (Å²) in [4.78, 5) is 0. The van der Waals surface area contributed by atoms with Gasteiger partial charge in [-0.15, -0.1) is 0 Å². The van der Waals surface area contributed by atoms with Crippen molar-refractivity contribution in [2.45, 2.75) is 62.6 Å². The summed E-state index contributed by atoms with van der Waals surface area (Å²) in [5.74, 6) is 0.574. The van der Waals surface area contributed by atoms with Crippen molar-refractivity contribution in [3.8, 4) is 6.07 Å². The third-order valence-corrected chi connectivity index (χ3v) is 6.17. The molecule has 0 bridgehead atoms. The second-order valence-corrected chi connectivity index (χ2v) is 8.03. The van der Waals surface area contributed by atoms with E-state index in [4.69, 9.17) is 21.6 Å². The Kier molecular flexibility index (Phi) is 6.72. The number of hydrogen-bond acceptors (Lipinski definition) is 5. The first kappa shape index (κ1) is 20.5. The number of aliphatic hydroxyl groups excluding tert-OH is 3. The average molecular weight is 398 g/mol. The van der Waals surface area contributed by atoms with Gasteiger partial charge < -0.3 is 20.1 Å². The maximum atomic E-state index is 13.1. The normalized spacial score (nSPS) is 37.0. The number of aliphatic hydroxyl groups is 3. The van der Waals surface area contributed by atoms with Crippen LogP contribution in [0.5, 0.6) is 0 Å². The smallest absolute Gasteiger partial charge is 0.118 e. The Morgan fingerprint density at radius 2 is 1.81 bits per heavy atom. The van der Waals surface area contributed by atoms with E-state index < -0.39 is 37.2 Å². The van der Waals surface area contributed by atoms with Gasteiger partial charge in [0.2, 0.25) is 0 Å². The van der Waals surface area contributed by atoms with Crippen molar-refractivity contribution in [1.29, 1.82) is 5.26 Å². The van der Waals surface area contributed by atoms with Crippen molar-refractivity contribution in [3.63, 3.8) is 0 Å². The summed E-state index contributed by atoms with van der Waals surface area (Å²) in [6.07, 6.45) is -1.95. The molecule has 0 unspecified atom stereocenters. The van der Waals surface area contributed by atoms with Gasteiger partial charge >= 0.3 is 0 Å². The number of nitriles is 1. The van der Waals surface area contributed by atoms with Crippen LogP contribution >= 0.6 is 11.6 Å². The molecule has 1 aromatic rings. The van der Waals surface area contributed by atoms with Gasteiger partial charge in [0.1, 0.15) is 37.2 Å². The number of ether oxygens (including phenoxy) is 1. The molecule has 0 spiro atoms. The highest BCUT2D eigenvalue weighted by Gasteiger charge is 2.44. The van der Waals surface area contributed by atoms with E-state index in [0.717, 1.165) is 37.7 Å². The first-order chi connectivity index (χ1) is 12.9. The molecule has 148 valence electrons. The molecule has 1 saturated heterocycles. The van der Waals surface area contributed by atoms with Crippen LogP contribution in [0.2, 0.25) is 5.02 Å². The Bertz CT molecular complexity index is 687. The Labute approximate surface area is 163 Å². The van der Waals surface area contributed by atoms with E-state index in [-0.39, 0.29) is 5.92 Å². The van der Waals surface area contributed by atoms with Gasteiger partial charge in [0.25, 0.3) is 0 Å². The quantitative estimate of drug-likeness (QED) is 0.726. The van der Waals surface area contributed by atoms with Crippen LogP contribution in [-0.4, -0.2) is 46.4 Å². The fraction of sp³-hybridized carbons (Fsp3) is 0.650. The van der Waals surface area contributed by atoms with Crippen LogP contribution in [0.1, 0.15) is 42.9 Å². The highest BCUT2D eigenvalue weighted by Crippen LogP contribution is 2.36. The monoisotopic (exact) mass is 397 g/mol. The van der Waals surface area contributed by atoms with Crippen LogP contribution in [-0.2, 0) is 11.2 Å². The molecular weight excluding hydrogens is 373 g/mol. The number of hydrogen-bond donors (Lipinski definition) is 3. The lowest BCUT2D eigenvalue weighted by Gasteiger charge is -2.40. The molecule has 1 aliphatic heterocycles. The van der Waals surface area contributed by atoms with Gasteiger partial charge in [-0.1, -0.05) is 23.7 Å². The average Bonchev–Trinajstić information content (AvgIpc) is 2.69. The van der Waals surface area contributed by atoms with Gasteiger partial charge in [-0.2, -0.15) is 5.26 Å². The van der Waals surface area contributed by atoms with Crippen LogP contribution in [0.4, 0.5) is 4.39 Å². The fourth-order valence-electron chi connectivity index (χ4n) is 4.09. The molecule has 0 radical (unpaired) electrons. The molecule has 7 heteroatoms. The van der Waals surface area contributed by atoms with Gasteiger partial charge in [0.05, 0.1) is 6.07 Å². The third kappa shape index (κ3) is 4.44. The zero-order valence-electron chi connectivity index (χ0n) is 15.0. The van der Waals surface area contributed by atoms with E-state index in [1.54, 1.807) is 12.1 Å². The minimum atomic E-state index is -1.48. The summed E-state index contributed by atoms with van der Waals surface area (Å²) in [6.45, 7) is -0.954. The van der Waals surface area contributed by atoms with Gasteiger partial charge in [0.15, 0.2) is 0 Å². The fourth-order valence-corrected chi connectivity index (χ4v) is 4.28. The Hall–Kier alpha value is -1.23. The Morgan fingerprint density at radius 1 is 1.11 bits per heavy atom. The maximum absolute atomic E-state index is 13.1. The van der Waals surface area contributed by atoms with Gasteiger partial charge in [-0.3, -0.25) is 0 Å². The van der Waals surface area contributed by atoms with E-state index >= 15 is 0 Å². The lowest BCUT2D eigenvalue weighted by atomic mass is 9.79. The first-order valence-electron chi connectivity index (χ1n) is 9.38. The van der Waals surface area contributed by atoms with Crippen LogP contribution in [0.25, 0.3) is 0 Å². The molecule has 3 N–H and O–H groups in total. The molecule has 27 heavy (non-hydrogen) atoms. The molecule has 5 atom stereocenters. The number of halogens is 2. The topological polar surface area (TPSA) is 93.7 Å². The van der Waals surface area contributed by atoms with Crippen molar-refractivity contribution >= 4 is 11.6 Å². The van der Waals surface area contributed by atoms with Crippen molar-refractivity contribution in [1.82, 2.24) is 0 Å². The van der Waals surface area contributed by atoms with Crippen LogP contribution < -0.4 is 0 Å². The molecule has 1 aliphatic carbocycles. The Balaban J connectivity index is 1.76. The van der Waals surface area contributed by atoms with Crippen molar-refractivity contribution < 1.29 is 24.4 Å². The lowest BCUT2D eigenvalue weighted by molar-refractivity contribution is -0.227. The molecule has 0 amide bonds. The first-order valence-corrected chi connectivity index (χ1v) is 9.76. The molecule has 1 aromatic carbocycles. The molecular formula is C20H25ClFNO4. The second-order valence-electron chi connectivity index (χ2n) is 7.62. The zero-order chi connectivity index (χ0) is 19.6. The summed E-state index contributed by atoms with van der Waals surface area (Å²) in [5, 5.41) is 39.7. The minimum Gasteiger partial charge on any atom is -0.387 e. The summed E-state index contributed by atoms with van der Waals surface area (Å²) in [5.41, 5.74) is 1.50. The van der Waals surface area contributed by atoms with Gasteiger partial charge in [-0.25, -0.2) is 4.39 Å². The van der Waals surface area contributed by atoms with E-state index in [1.165, 1.54) is 0 Å². The maximum Gasteiger partial charge on any atom is 0.118 e. The van der Waals surface area contributed by atoms with Crippen LogP contribution in [0.15, 0.2) is 18.2 Å². The standard InChI is InChI=1S/C20H25ClFNO4/c21-15-6-5-13(20-19(26)18(25)17(24)16(9-22)27-20)8-14(15)7-11-1-3-12(10-23)4-2-11/h5-6,8,11-12,16-20,24-26H,1-4,7,9H2/t11?,12?,16-,17-,18+,19-,20+/m1/s1. The number of nitrogens with zero attached hydrogens (tertiary/aromatic N) is 1. The van der Waals surface area contributed by atoms with Crippen LogP contribution in [0, 0.1) is 23.2 Å². The molecule has 1 heterocycles. The highest BCUT2D eigenvalue weighted by atomic mass is 35.5. The SMILES string of the molecule is N#CC1CCC(Cc2cc([C@@H]3O[C@H](CF)[C@@H](O)[C@H](O)[C@H]3O)ccc2Cl)CC1. The van der Waals surface area contributed by atoms with Crippen molar-refractivity contribution in [2.75, 3.05) is 6.67 Å². The second kappa shape index (κ2) is 8.85. The van der Waals surface area contributed by atoms with Gasteiger partial charge in [0, 0.05) is 10.9 Å². The molecule has 2 fully saturated rings. The van der Waals surface area contributed by atoms with E-state index in [1.807, 2.05) is 6.07 Å². The van der Waals surface area contributed by atoms with E-state index in [9.17, 15) is 19.7 Å². The van der Waals surface area contributed by atoms with E-state index in [2.05, 4.69) is 6.07 Å². The number of alkyl halides is 1. The predicted octanol–water partition coefficient (Wildman–Crippen LogP) is 2.70. The van der Waals surface area contributed by atoms with Gasteiger partial charge in [-0.05, 0) is 55.2 Å². The molecule has 3 rings (SSSR count). The summed E-state index contributed by atoms with van der Waals surface area (Å²) in [7, 11) is 0. The van der Waals surface area contributed by atoms with Crippen molar-refractivity contribution in [2.24, 2.45) is 11.8 Å². The Morgan fingerprint density at radius 3 is 2.44 bits per heavy atom. The number of benzene rings is 1. The number of rotatable bonds is 4. The molecule has 2 aliphatic rings. The van der Waals surface area contributed by atoms with Crippen molar-refractivity contribution in [3.05, 3.63) is 34.3 Å². The largest absolute Gasteiger partial charge is 0.387 e. The highest BCUT2D eigenvalue weighted by molar-refractivity contribution is 6.31. The molecule has 0 aromatic heterocycles. The molecule has 1 saturated carbocycles. The van der Waals surface area contributed by atoms with E-state index in [0.29, 0.717) is 16.5 Å². The molecule has 5 nitrogen and oxygen atoms in total. The lowest BCUT2D eigenvalue weighted by Crippen LogP contribution is -2.54. The zero-order valence-corrected chi connectivity index (χ0v) is 15.7. The summed E-state index contributed by atoms with van der Waals surface area (Å²) < 4.78 is 18.6. The third-order valence-electron chi connectivity index (χ3n) is 5.80.